The van der Waals surface area contributed by atoms with Crippen LogP contribution < -0.4 is 0 Å². The van der Waals surface area contributed by atoms with E-state index in [1.54, 1.807) is 12.4 Å². The number of hydrogen-bond donors (Lipinski definition) is 0. The topological polar surface area (TPSA) is 69.6 Å². The van der Waals surface area contributed by atoms with Gasteiger partial charge in [-0.15, -0.1) is 0 Å². The summed E-state index contributed by atoms with van der Waals surface area (Å²) in [6.45, 7) is 0. The molecule has 0 aliphatic rings. The largest absolute Gasteiger partial charge is 0.455 e. The van der Waals surface area contributed by atoms with Crippen LogP contribution in [0.1, 0.15) is 0 Å². The molecule has 0 atom stereocenters. The van der Waals surface area contributed by atoms with Crippen LogP contribution in [0.5, 0.6) is 0 Å². The van der Waals surface area contributed by atoms with E-state index in [-0.39, 0.29) is 0 Å². The van der Waals surface area contributed by atoms with Crippen LogP contribution in [0.15, 0.2) is 181 Å². The van der Waals surface area contributed by atoms with Gasteiger partial charge in [0.1, 0.15) is 11.3 Å². The number of fused-ring (bicyclic) bond motifs is 5. The van der Waals surface area contributed by atoms with E-state index < -0.39 is 0 Å². The second-order valence-corrected chi connectivity index (χ2v) is 12.8. The Morgan fingerprint density at radius 1 is 0.442 bits per heavy atom. The van der Waals surface area contributed by atoms with Crippen LogP contribution in [0.2, 0.25) is 0 Å². The lowest BCUT2D eigenvalue weighted by Crippen LogP contribution is -1.98. The standard InChI is InChI=1S/C46H29N5O/c1-2-7-34(8-3-1)43-28-35-17-18-42-44(45(35)52-43)38-11-4-5-12-41(38)51(42)37-10-6-9-36(27-37)46-49-39(29-40(50-46)33-21-25-48-26-22-33)32-15-13-30(14-16-32)31-19-23-47-24-20-31/h1-29H. The van der Waals surface area contributed by atoms with Crippen LogP contribution in [-0.2, 0) is 0 Å². The van der Waals surface area contributed by atoms with E-state index in [4.69, 9.17) is 14.4 Å². The van der Waals surface area contributed by atoms with Gasteiger partial charge in [-0.25, -0.2) is 9.97 Å². The molecular formula is C46H29N5O. The van der Waals surface area contributed by atoms with Gasteiger partial charge >= 0.3 is 0 Å². The predicted molar refractivity (Wildman–Crippen MR) is 209 cm³/mol. The second-order valence-electron chi connectivity index (χ2n) is 12.8. The van der Waals surface area contributed by atoms with Crippen molar-refractivity contribution in [1.29, 1.82) is 0 Å². The minimum Gasteiger partial charge on any atom is -0.455 e. The number of furan rings is 1. The van der Waals surface area contributed by atoms with Gasteiger partial charge in [0.25, 0.3) is 0 Å². The minimum absolute atomic E-state index is 0.645. The Kier molecular flexibility index (Phi) is 7.03. The Bertz CT molecular complexity index is 2880. The van der Waals surface area contributed by atoms with Gasteiger partial charge in [0, 0.05) is 63.5 Å². The van der Waals surface area contributed by atoms with Crippen molar-refractivity contribution in [2.45, 2.75) is 0 Å². The molecule has 0 spiro atoms. The first kappa shape index (κ1) is 29.7. The fraction of sp³-hybridized carbons (Fsp3) is 0. The van der Waals surface area contributed by atoms with Gasteiger partial charge < -0.3 is 8.98 Å². The maximum absolute atomic E-state index is 6.62. The van der Waals surface area contributed by atoms with Gasteiger partial charge in [0.2, 0.25) is 0 Å². The molecule has 10 aromatic rings. The average molecular weight is 668 g/mol. The highest BCUT2D eigenvalue weighted by Gasteiger charge is 2.19. The van der Waals surface area contributed by atoms with Gasteiger partial charge in [-0.1, -0.05) is 84.9 Å². The number of benzene rings is 5. The summed E-state index contributed by atoms with van der Waals surface area (Å²) < 4.78 is 8.93. The molecule has 0 aliphatic heterocycles. The number of aromatic nitrogens is 5. The number of nitrogens with zero attached hydrogens (tertiary/aromatic N) is 5. The molecule has 6 nitrogen and oxygen atoms in total. The quantitative estimate of drug-likeness (QED) is 0.176. The van der Waals surface area contributed by atoms with Crippen molar-refractivity contribution in [1.82, 2.24) is 24.5 Å². The molecule has 0 amide bonds. The van der Waals surface area contributed by atoms with Crippen LogP contribution in [0.25, 0.3) is 94.8 Å². The van der Waals surface area contributed by atoms with E-state index in [0.29, 0.717) is 5.82 Å². The van der Waals surface area contributed by atoms with E-state index in [1.165, 1.54) is 0 Å². The molecule has 5 heterocycles. The SMILES string of the molecule is c1ccc(-c2cc3ccc4c(c5ccccc5n4-c4cccc(-c5nc(-c6ccncc6)cc(-c6ccc(-c7ccncc7)cc6)n5)c4)c3o2)cc1. The first-order valence-corrected chi connectivity index (χ1v) is 17.2. The van der Waals surface area contributed by atoms with E-state index in [2.05, 4.69) is 124 Å². The summed E-state index contributed by atoms with van der Waals surface area (Å²) in [5, 5.41) is 3.30. The fourth-order valence-corrected chi connectivity index (χ4v) is 7.13. The Balaban J connectivity index is 1.12. The lowest BCUT2D eigenvalue weighted by atomic mass is 10.0. The maximum atomic E-state index is 6.62. The van der Waals surface area contributed by atoms with Crippen molar-refractivity contribution < 1.29 is 4.42 Å². The van der Waals surface area contributed by atoms with Crippen LogP contribution in [-0.4, -0.2) is 24.5 Å². The zero-order valence-electron chi connectivity index (χ0n) is 27.9. The summed E-state index contributed by atoms with van der Waals surface area (Å²) in [6, 6.07) is 52.3. The molecule has 0 aliphatic carbocycles. The van der Waals surface area contributed by atoms with Crippen molar-refractivity contribution >= 4 is 32.8 Å². The van der Waals surface area contributed by atoms with E-state index in [1.807, 2.05) is 54.9 Å². The highest BCUT2D eigenvalue weighted by atomic mass is 16.3. The van der Waals surface area contributed by atoms with Crippen molar-refractivity contribution in [3.05, 3.63) is 176 Å². The lowest BCUT2D eigenvalue weighted by Gasteiger charge is -2.12. The molecule has 0 N–H and O–H groups in total. The Morgan fingerprint density at radius 3 is 1.85 bits per heavy atom. The summed E-state index contributed by atoms with van der Waals surface area (Å²) in [4.78, 5) is 18.7. The van der Waals surface area contributed by atoms with Crippen LogP contribution in [0.4, 0.5) is 0 Å². The van der Waals surface area contributed by atoms with Crippen molar-refractivity contribution in [3.8, 4) is 62.0 Å². The third-order valence-electron chi connectivity index (χ3n) is 9.64. The number of rotatable bonds is 6. The zero-order valence-corrected chi connectivity index (χ0v) is 27.9. The fourth-order valence-electron chi connectivity index (χ4n) is 7.13. The summed E-state index contributed by atoms with van der Waals surface area (Å²) in [5.41, 5.74) is 11.9. The van der Waals surface area contributed by atoms with Crippen molar-refractivity contribution in [3.63, 3.8) is 0 Å². The van der Waals surface area contributed by atoms with Crippen molar-refractivity contribution in [2.24, 2.45) is 0 Å². The smallest absolute Gasteiger partial charge is 0.160 e. The van der Waals surface area contributed by atoms with E-state index in [9.17, 15) is 0 Å². The normalized spacial score (nSPS) is 11.5. The molecule has 0 unspecified atom stereocenters. The zero-order chi connectivity index (χ0) is 34.4. The van der Waals surface area contributed by atoms with Gasteiger partial charge in [-0.05, 0) is 77.9 Å². The predicted octanol–water partition coefficient (Wildman–Crippen LogP) is 11.4. The molecule has 5 aromatic carbocycles. The molecule has 6 heteroatoms. The molecular weight excluding hydrogens is 639 g/mol. The molecule has 244 valence electrons. The molecule has 0 radical (unpaired) electrons. The summed E-state index contributed by atoms with van der Waals surface area (Å²) >= 11 is 0. The molecule has 0 saturated carbocycles. The molecule has 0 bridgehead atoms. The van der Waals surface area contributed by atoms with Crippen LogP contribution >= 0.6 is 0 Å². The summed E-state index contributed by atoms with van der Waals surface area (Å²) in [6.07, 6.45) is 7.21. The Morgan fingerprint density at radius 2 is 1.08 bits per heavy atom. The lowest BCUT2D eigenvalue weighted by molar-refractivity contribution is 0.635. The number of para-hydroxylation sites is 1. The second kappa shape index (κ2) is 12.3. The molecule has 0 saturated heterocycles. The van der Waals surface area contributed by atoms with Crippen LogP contribution in [0.3, 0.4) is 0 Å². The molecule has 52 heavy (non-hydrogen) atoms. The summed E-state index contributed by atoms with van der Waals surface area (Å²) in [5.74, 6) is 1.50. The number of hydrogen-bond acceptors (Lipinski definition) is 5. The molecule has 10 rings (SSSR count). The third kappa shape index (κ3) is 5.13. The van der Waals surface area contributed by atoms with E-state index >= 15 is 0 Å². The first-order valence-electron chi connectivity index (χ1n) is 17.2. The van der Waals surface area contributed by atoms with Gasteiger partial charge in [0.15, 0.2) is 5.82 Å². The molecule has 0 fully saturated rings. The molecule has 5 aromatic heterocycles. The van der Waals surface area contributed by atoms with Gasteiger partial charge in [-0.2, -0.15) is 0 Å². The van der Waals surface area contributed by atoms with E-state index in [0.717, 1.165) is 89.0 Å². The van der Waals surface area contributed by atoms with Gasteiger partial charge in [-0.3, -0.25) is 9.97 Å². The minimum atomic E-state index is 0.645. The average Bonchev–Trinajstić information content (AvgIpc) is 3.82. The third-order valence-corrected chi connectivity index (χ3v) is 9.64. The Hall–Kier alpha value is -7.18. The highest BCUT2D eigenvalue weighted by Crippen LogP contribution is 2.40. The van der Waals surface area contributed by atoms with Crippen LogP contribution in [0, 0.1) is 0 Å². The van der Waals surface area contributed by atoms with Crippen molar-refractivity contribution in [2.75, 3.05) is 0 Å². The Labute approximate surface area is 299 Å². The highest BCUT2D eigenvalue weighted by molar-refractivity contribution is 6.20. The monoisotopic (exact) mass is 667 g/mol. The number of pyridine rings is 2. The van der Waals surface area contributed by atoms with Gasteiger partial charge in [0.05, 0.1) is 27.8 Å². The first-order chi connectivity index (χ1) is 25.8. The maximum Gasteiger partial charge on any atom is 0.160 e. The summed E-state index contributed by atoms with van der Waals surface area (Å²) in [7, 11) is 0.